The number of rotatable bonds is 4. The van der Waals surface area contributed by atoms with Crippen molar-refractivity contribution in [2.45, 2.75) is 27.3 Å². The quantitative estimate of drug-likeness (QED) is 0.748. The number of nitrogens with zero attached hydrogens (tertiary/aromatic N) is 4. The normalized spacial score (nSPS) is 10.7. The van der Waals surface area contributed by atoms with Crippen molar-refractivity contribution in [1.29, 1.82) is 0 Å². The van der Waals surface area contributed by atoms with E-state index in [1.54, 1.807) is 26.0 Å². The maximum atomic E-state index is 12.7. The number of carbonyl (C=O) groups excluding carboxylic acids is 1. The first kappa shape index (κ1) is 18.7. The molecule has 27 heavy (non-hydrogen) atoms. The maximum Gasteiger partial charge on any atom is 0.257 e. The highest BCUT2D eigenvalue weighted by Gasteiger charge is 2.17. The van der Waals surface area contributed by atoms with Crippen molar-refractivity contribution in [3.63, 3.8) is 0 Å². The number of hydrogen-bond acceptors (Lipinski definition) is 5. The second-order valence-electron chi connectivity index (χ2n) is 6.14. The Balaban J connectivity index is 1.96. The van der Waals surface area contributed by atoms with Crippen molar-refractivity contribution in [1.82, 2.24) is 19.5 Å². The van der Waals surface area contributed by atoms with E-state index >= 15 is 0 Å². The third kappa shape index (κ3) is 4.03. The summed E-state index contributed by atoms with van der Waals surface area (Å²) in [6, 6.07) is 5.23. The number of aryl methyl sites for hydroxylation is 2. The average Bonchev–Trinajstić information content (AvgIpc) is 2.65. The summed E-state index contributed by atoms with van der Waals surface area (Å²) in [5.41, 5.74) is 2.66. The van der Waals surface area contributed by atoms with Gasteiger partial charge in [0.05, 0.1) is 6.20 Å². The molecular weight excluding hydrogens is 366 g/mol. The molecule has 1 amide bonds. The lowest BCUT2D eigenvalue weighted by Gasteiger charge is -2.14. The van der Waals surface area contributed by atoms with Gasteiger partial charge in [-0.15, -0.1) is 0 Å². The summed E-state index contributed by atoms with van der Waals surface area (Å²) in [4.78, 5) is 37.9. The Morgan fingerprint density at radius 3 is 2.67 bits per heavy atom. The molecule has 1 aromatic carbocycles. The molecule has 0 atom stereocenters. The molecule has 0 radical (unpaired) electrons. The summed E-state index contributed by atoms with van der Waals surface area (Å²) in [6.07, 6.45) is 4.54. The van der Waals surface area contributed by atoms with Crippen molar-refractivity contribution in [2.24, 2.45) is 0 Å². The molecule has 2 heterocycles. The van der Waals surface area contributed by atoms with Crippen LogP contribution in [0.25, 0.3) is 11.5 Å². The van der Waals surface area contributed by atoms with Crippen LogP contribution in [0.5, 0.6) is 0 Å². The van der Waals surface area contributed by atoms with Crippen LogP contribution in [-0.4, -0.2) is 25.4 Å². The predicted octanol–water partition coefficient (Wildman–Crippen LogP) is 2.92. The van der Waals surface area contributed by atoms with Gasteiger partial charge in [-0.3, -0.25) is 19.1 Å². The molecule has 7 nitrogen and oxygen atoms in total. The Hall–Kier alpha value is -3.06. The number of amides is 1. The zero-order chi connectivity index (χ0) is 19.6. The van der Waals surface area contributed by atoms with E-state index in [1.807, 2.05) is 13.0 Å². The SMILES string of the molecule is Cc1ccc(NC(=O)Cn2c(-c3cnccn3)nc(C)c(C)c2=O)cc1Cl. The average molecular weight is 384 g/mol. The van der Waals surface area contributed by atoms with E-state index < -0.39 is 0 Å². The lowest BCUT2D eigenvalue weighted by Crippen LogP contribution is -2.32. The fourth-order valence-corrected chi connectivity index (χ4v) is 2.71. The van der Waals surface area contributed by atoms with Crippen molar-refractivity contribution in [3.05, 3.63) is 69.0 Å². The fourth-order valence-electron chi connectivity index (χ4n) is 2.53. The zero-order valence-electron chi connectivity index (χ0n) is 15.2. The topological polar surface area (TPSA) is 89.8 Å². The minimum Gasteiger partial charge on any atom is -0.324 e. The van der Waals surface area contributed by atoms with Gasteiger partial charge in [0.15, 0.2) is 5.82 Å². The maximum absolute atomic E-state index is 12.7. The Kier molecular flexibility index (Phi) is 5.32. The van der Waals surface area contributed by atoms with Gasteiger partial charge in [-0.1, -0.05) is 17.7 Å². The molecule has 0 aliphatic heterocycles. The van der Waals surface area contributed by atoms with Crippen molar-refractivity contribution >= 4 is 23.2 Å². The number of carbonyl (C=O) groups is 1. The first-order chi connectivity index (χ1) is 12.9. The van der Waals surface area contributed by atoms with Gasteiger partial charge in [-0.05, 0) is 38.5 Å². The highest BCUT2D eigenvalue weighted by atomic mass is 35.5. The Bertz CT molecular complexity index is 1060. The molecule has 2 aromatic heterocycles. The molecule has 0 unspecified atom stereocenters. The van der Waals surface area contributed by atoms with Gasteiger partial charge in [0, 0.05) is 34.4 Å². The standard InChI is InChI=1S/C19H18ClN5O2/c1-11-4-5-14(8-15(11)20)24-17(26)10-25-18(16-9-21-6-7-22-16)23-13(3)12(2)19(25)27/h4-9H,10H2,1-3H3,(H,24,26). The molecule has 3 aromatic rings. The second-order valence-corrected chi connectivity index (χ2v) is 6.55. The van der Waals surface area contributed by atoms with Gasteiger partial charge < -0.3 is 5.32 Å². The number of anilines is 1. The van der Waals surface area contributed by atoms with E-state index in [2.05, 4.69) is 20.3 Å². The molecule has 0 aliphatic rings. The van der Waals surface area contributed by atoms with Crippen molar-refractivity contribution in [3.8, 4) is 11.5 Å². The highest BCUT2D eigenvalue weighted by Crippen LogP contribution is 2.20. The van der Waals surface area contributed by atoms with Crippen LogP contribution in [-0.2, 0) is 11.3 Å². The first-order valence-corrected chi connectivity index (χ1v) is 8.65. The fraction of sp³-hybridized carbons (Fsp3) is 0.211. The van der Waals surface area contributed by atoms with E-state index in [0.717, 1.165) is 5.56 Å². The van der Waals surface area contributed by atoms with Crippen LogP contribution in [0.2, 0.25) is 5.02 Å². The van der Waals surface area contributed by atoms with Gasteiger partial charge in [0.1, 0.15) is 12.2 Å². The van der Waals surface area contributed by atoms with E-state index in [1.165, 1.54) is 23.2 Å². The van der Waals surface area contributed by atoms with Crippen LogP contribution in [0.1, 0.15) is 16.8 Å². The number of benzene rings is 1. The van der Waals surface area contributed by atoms with Gasteiger partial charge in [-0.25, -0.2) is 9.97 Å². The molecule has 1 N–H and O–H groups in total. The number of nitrogens with one attached hydrogen (secondary N) is 1. The Morgan fingerprint density at radius 1 is 1.22 bits per heavy atom. The van der Waals surface area contributed by atoms with Crippen molar-refractivity contribution < 1.29 is 4.79 Å². The van der Waals surface area contributed by atoms with E-state index in [4.69, 9.17) is 11.6 Å². The van der Waals surface area contributed by atoms with Crippen LogP contribution in [0, 0.1) is 20.8 Å². The predicted molar refractivity (Wildman–Crippen MR) is 104 cm³/mol. The van der Waals surface area contributed by atoms with Crippen molar-refractivity contribution in [2.75, 3.05) is 5.32 Å². The smallest absolute Gasteiger partial charge is 0.257 e. The summed E-state index contributed by atoms with van der Waals surface area (Å²) in [5, 5.41) is 3.31. The third-order valence-electron chi connectivity index (χ3n) is 4.19. The number of aromatic nitrogens is 4. The Morgan fingerprint density at radius 2 is 2.00 bits per heavy atom. The van der Waals surface area contributed by atoms with E-state index in [9.17, 15) is 9.59 Å². The molecule has 8 heteroatoms. The van der Waals surface area contributed by atoms with Crippen LogP contribution in [0.3, 0.4) is 0 Å². The molecule has 0 spiro atoms. The number of halogens is 1. The molecule has 0 bridgehead atoms. The van der Waals surface area contributed by atoms with Crippen LogP contribution in [0.4, 0.5) is 5.69 Å². The molecule has 3 rings (SSSR count). The lowest BCUT2D eigenvalue weighted by atomic mass is 10.2. The minimum absolute atomic E-state index is 0.204. The summed E-state index contributed by atoms with van der Waals surface area (Å²) in [5.74, 6) is -0.0690. The molecule has 0 fully saturated rings. The van der Waals surface area contributed by atoms with E-state index in [0.29, 0.717) is 33.5 Å². The van der Waals surface area contributed by atoms with Crippen LogP contribution in [0.15, 0.2) is 41.6 Å². The van der Waals surface area contributed by atoms with Crippen LogP contribution >= 0.6 is 11.6 Å². The Labute approximate surface area is 161 Å². The second kappa shape index (κ2) is 7.67. The molecule has 138 valence electrons. The summed E-state index contributed by atoms with van der Waals surface area (Å²) >= 11 is 6.09. The summed E-state index contributed by atoms with van der Waals surface area (Å²) in [6.45, 7) is 5.10. The van der Waals surface area contributed by atoms with Gasteiger partial charge >= 0.3 is 0 Å². The van der Waals surface area contributed by atoms with Gasteiger partial charge in [-0.2, -0.15) is 0 Å². The zero-order valence-corrected chi connectivity index (χ0v) is 15.9. The molecular formula is C19H18ClN5O2. The molecule has 0 aliphatic carbocycles. The first-order valence-electron chi connectivity index (χ1n) is 8.27. The summed E-state index contributed by atoms with van der Waals surface area (Å²) in [7, 11) is 0. The van der Waals surface area contributed by atoms with Gasteiger partial charge in [0.25, 0.3) is 5.56 Å². The van der Waals surface area contributed by atoms with Gasteiger partial charge in [0.2, 0.25) is 5.91 Å². The number of hydrogen-bond donors (Lipinski definition) is 1. The van der Waals surface area contributed by atoms with E-state index in [-0.39, 0.29) is 18.0 Å². The third-order valence-corrected chi connectivity index (χ3v) is 4.59. The lowest BCUT2D eigenvalue weighted by molar-refractivity contribution is -0.116. The van der Waals surface area contributed by atoms with Crippen LogP contribution < -0.4 is 10.9 Å². The molecule has 0 saturated carbocycles. The summed E-state index contributed by atoms with van der Waals surface area (Å²) < 4.78 is 1.30. The monoisotopic (exact) mass is 383 g/mol. The largest absolute Gasteiger partial charge is 0.324 e. The minimum atomic E-state index is -0.368. The highest BCUT2D eigenvalue weighted by molar-refractivity contribution is 6.31. The molecule has 0 saturated heterocycles.